The SMILES string of the molecule is CC1CCC(C(C)C)C(Nc2cccc(S(C)(=O)=O)c2)C1. The van der Waals surface area contributed by atoms with Crippen LogP contribution in [0.3, 0.4) is 0 Å². The van der Waals surface area contributed by atoms with Gasteiger partial charge < -0.3 is 5.32 Å². The summed E-state index contributed by atoms with van der Waals surface area (Å²) in [6.07, 6.45) is 4.96. The monoisotopic (exact) mass is 309 g/mol. The zero-order chi connectivity index (χ0) is 15.6. The molecule has 1 saturated carbocycles. The van der Waals surface area contributed by atoms with Crippen molar-refractivity contribution < 1.29 is 8.42 Å². The van der Waals surface area contributed by atoms with Gasteiger partial charge in [0.15, 0.2) is 9.84 Å². The van der Waals surface area contributed by atoms with E-state index in [2.05, 4.69) is 26.1 Å². The molecule has 21 heavy (non-hydrogen) atoms. The number of nitrogens with one attached hydrogen (secondary N) is 1. The lowest BCUT2D eigenvalue weighted by Crippen LogP contribution is -2.37. The summed E-state index contributed by atoms with van der Waals surface area (Å²) in [6.45, 7) is 6.86. The highest BCUT2D eigenvalue weighted by atomic mass is 32.2. The molecule has 3 unspecified atom stereocenters. The van der Waals surface area contributed by atoms with Gasteiger partial charge in [-0.3, -0.25) is 0 Å². The van der Waals surface area contributed by atoms with E-state index in [1.165, 1.54) is 19.1 Å². The summed E-state index contributed by atoms with van der Waals surface area (Å²) in [5, 5.41) is 3.59. The molecule has 3 nitrogen and oxygen atoms in total. The zero-order valence-corrected chi connectivity index (χ0v) is 14.3. The van der Waals surface area contributed by atoms with Crippen LogP contribution in [0.5, 0.6) is 0 Å². The maximum absolute atomic E-state index is 11.7. The van der Waals surface area contributed by atoms with Crippen molar-refractivity contribution >= 4 is 15.5 Å². The Hall–Kier alpha value is -1.03. The Morgan fingerprint density at radius 1 is 1.24 bits per heavy atom. The number of hydrogen-bond donors (Lipinski definition) is 1. The van der Waals surface area contributed by atoms with Crippen LogP contribution in [0.1, 0.15) is 40.0 Å². The maximum atomic E-state index is 11.7. The second kappa shape index (κ2) is 6.39. The molecule has 1 aromatic rings. The van der Waals surface area contributed by atoms with Gasteiger partial charge in [-0.05, 0) is 48.8 Å². The van der Waals surface area contributed by atoms with E-state index in [0.717, 1.165) is 18.0 Å². The first-order valence-electron chi connectivity index (χ1n) is 7.84. The third-order valence-corrected chi connectivity index (χ3v) is 5.75. The van der Waals surface area contributed by atoms with Crippen molar-refractivity contribution in [3.05, 3.63) is 24.3 Å². The van der Waals surface area contributed by atoms with Gasteiger partial charge in [0.25, 0.3) is 0 Å². The summed E-state index contributed by atoms with van der Waals surface area (Å²) in [6, 6.07) is 7.62. The van der Waals surface area contributed by atoms with Crippen LogP contribution < -0.4 is 5.32 Å². The fourth-order valence-electron chi connectivity index (χ4n) is 3.40. The van der Waals surface area contributed by atoms with Gasteiger partial charge in [-0.1, -0.05) is 33.3 Å². The first-order valence-corrected chi connectivity index (χ1v) is 9.73. The number of hydrogen-bond acceptors (Lipinski definition) is 3. The van der Waals surface area contributed by atoms with Crippen LogP contribution >= 0.6 is 0 Å². The van der Waals surface area contributed by atoms with Gasteiger partial charge in [0.2, 0.25) is 0 Å². The quantitative estimate of drug-likeness (QED) is 0.915. The van der Waals surface area contributed by atoms with Gasteiger partial charge >= 0.3 is 0 Å². The van der Waals surface area contributed by atoms with Crippen molar-refractivity contribution in [1.82, 2.24) is 0 Å². The lowest BCUT2D eigenvalue weighted by atomic mass is 9.74. The largest absolute Gasteiger partial charge is 0.382 e. The predicted molar refractivity (Wildman–Crippen MR) is 88.3 cm³/mol. The highest BCUT2D eigenvalue weighted by Crippen LogP contribution is 2.35. The molecule has 3 atom stereocenters. The molecule has 1 fully saturated rings. The minimum Gasteiger partial charge on any atom is -0.382 e. The van der Waals surface area contributed by atoms with E-state index in [0.29, 0.717) is 22.8 Å². The number of anilines is 1. The van der Waals surface area contributed by atoms with Gasteiger partial charge in [-0.15, -0.1) is 0 Å². The second-order valence-electron chi connectivity index (χ2n) is 6.88. The van der Waals surface area contributed by atoms with Crippen molar-refractivity contribution in [3.63, 3.8) is 0 Å². The Morgan fingerprint density at radius 3 is 2.57 bits per heavy atom. The van der Waals surface area contributed by atoms with Crippen LogP contribution in [-0.2, 0) is 9.84 Å². The van der Waals surface area contributed by atoms with Crippen LogP contribution in [0.25, 0.3) is 0 Å². The molecular weight excluding hydrogens is 282 g/mol. The summed E-state index contributed by atoms with van der Waals surface area (Å²) in [4.78, 5) is 0.387. The van der Waals surface area contributed by atoms with Crippen LogP contribution in [0.15, 0.2) is 29.2 Å². The average Bonchev–Trinajstić information content (AvgIpc) is 2.37. The van der Waals surface area contributed by atoms with Gasteiger partial charge in [0.1, 0.15) is 0 Å². The van der Waals surface area contributed by atoms with Crippen molar-refractivity contribution in [1.29, 1.82) is 0 Å². The first kappa shape index (κ1) is 16.3. The van der Waals surface area contributed by atoms with Crippen molar-refractivity contribution in [2.75, 3.05) is 11.6 Å². The van der Waals surface area contributed by atoms with E-state index in [-0.39, 0.29) is 0 Å². The summed E-state index contributed by atoms with van der Waals surface area (Å²) in [5.41, 5.74) is 0.919. The Kier molecular flexibility index (Phi) is 4.97. The van der Waals surface area contributed by atoms with Crippen molar-refractivity contribution in [2.45, 2.75) is 51.0 Å². The molecular formula is C17H27NO2S. The summed E-state index contributed by atoms with van der Waals surface area (Å²) in [5.74, 6) is 2.03. The molecule has 4 heteroatoms. The van der Waals surface area contributed by atoms with E-state index in [4.69, 9.17) is 0 Å². The molecule has 0 radical (unpaired) electrons. The Bertz CT molecular complexity index is 580. The van der Waals surface area contributed by atoms with Crippen molar-refractivity contribution in [3.8, 4) is 0 Å². The molecule has 1 aliphatic rings. The highest BCUT2D eigenvalue weighted by molar-refractivity contribution is 7.90. The van der Waals surface area contributed by atoms with Crippen LogP contribution in [0, 0.1) is 17.8 Å². The van der Waals surface area contributed by atoms with Gasteiger partial charge in [-0.25, -0.2) is 8.42 Å². The third kappa shape index (κ3) is 4.22. The average molecular weight is 309 g/mol. The molecule has 1 N–H and O–H groups in total. The molecule has 0 spiro atoms. The molecule has 118 valence electrons. The number of benzene rings is 1. The summed E-state index contributed by atoms with van der Waals surface area (Å²) >= 11 is 0. The Labute approximate surface area is 129 Å². The second-order valence-corrected chi connectivity index (χ2v) is 8.89. The minimum absolute atomic E-state index is 0.387. The highest BCUT2D eigenvalue weighted by Gasteiger charge is 2.30. The summed E-state index contributed by atoms with van der Waals surface area (Å²) in [7, 11) is -3.15. The Balaban J connectivity index is 2.19. The van der Waals surface area contributed by atoms with Crippen LogP contribution in [-0.4, -0.2) is 20.7 Å². The minimum atomic E-state index is -3.15. The third-order valence-electron chi connectivity index (χ3n) is 4.64. The molecule has 0 aromatic heterocycles. The van der Waals surface area contributed by atoms with E-state index in [1.54, 1.807) is 12.1 Å². The molecule has 1 aromatic carbocycles. The smallest absolute Gasteiger partial charge is 0.175 e. The van der Waals surface area contributed by atoms with E-state index >= 15 is 0 Å². The molecule has 2 rings (SSSR count). The molecule has 1 aliphatic carbocycles. The van der Waals surface area contributed by atoms with Crippen LogP contribution in [0.2, 0.25) is 0 Å². The summed E-state index contributed by atoms with van der Waals surface area (Å²) < 4.78 is 23.3. The van der Waals surface area contributed by atoms with Crippen LogP contribution in [0.4, 0.5) is 5.69 Å². The standard InChI is InChI=1S/C17H27NO2S/c1-12(2)16-9-8-13(3)10-17(16)18-14-6-5-7-15(11-14)21(4,19)20/h5-7,11-13,16-18H,8-10H2,1-4H3. The fourth-order valence-corrected chi connectivity index (χ4v) is 4.07. The lowest BCUT2D eigenvalue weighted by Gasteiger charge is -2.38. The first-order chi connectivity index (χ1) is 9.77. The Morgan fingerprint density at radius 2 is 1.95 bits per heavy atom. The predicted octanol–water partition coefficient (Wildman–Crippen LogP) is 3.96. The topological polar surface area (TPSA) is 46.2 Å². The van der Waals surface area contributed by atoms with Gasteiger partial charge in [-0.2, -0.15) is 0 Å². The van der Waals surface area contributed by atoms with E-state index in [1.807, 2.05) is 12.1 Å². The van der Waals surface area contributed by atoms with E-state index < -0.39 is 9.84 Å². The lowest BCUT2D eigenvalue weighted by molar-refractivity contribution is 0.212. The molecule has 0 saturated heterocycles. The number of rotatable bonds is 4. The molecule has 0 heterocycles. The molecule has 0 amide bonds. The maximum Gasteiger partial charge on any atom is 0.175 e. The zero-order valence-electron chi connectivity index (χ0n) is 13.5. The normalized spacial score (nSPS) is 26.8. The molecule has 0 aliphatic heterocycles. The molecule has 0 bridgehead atoms. The van der Waals surface area contributed by atoms with Gasteiger partial charge in [0, 0.05) is 18.0 Å². The van der Waals surface area contributed by atoms with Gasteiger partial charge in [0.05, 0.1) is 4.90 Å². The van der Waals surface area contributed by atoms with E-state index in [9.17, 15) is 8.42 Å². The van der Waals surface area contributed by atoms with Crippen molar-refractivity contribution in [2.24, 2.45) is 17.8 Å². The number of sulfone groups is 1. The fraction of sp³-hybridized carbons (Fsp3) is 0.647.